The van der Waals surface area contributed by atoms with Crippen molar-refractivity contribution in [2.75, 3.05) is 6.61 Å². The molecule has 0 unspecified atom stereocenters. The molecule has 0 N–H and O–H groups in total. The van der Waals surface area contributed by atoms with Crippen molar-refractivity contribution in [3.05, 3.63) is 35.6 Å². The van der Waals surface area contributed by atoms with E-state index in [1.54, 1.807) is 32.0 Å². The summed E-state index contributed by atoms with van der Waals surface area (Å²) in [4.78, 5) is 11.6. The number of benzene rings is 1. The quantitative estimate of drug-likeness (QED) is 0.591. The number of rotatable bonds is 2. The van der Waals surface area contributed by atoms with Crippen LogP contribution in [-0.2, 0) is 27.1 Å². The predicted molar refractivity (Wildman–Crippen MR) is 55.7 cm³/mol. The number of hydrogen-bond acceptors (Lipinski definition) is 3. The SMILES string of the molecule is CCOC(=O)c1c(C)oc2cc[c-]cc12.[Ta]. The van der Waals surface area contributed by atoms with E-state index in [0.717, 1.165) is 5.39 Å². The van der Waals surface area contributed by atoms with Gasteiger partial charge >= 0.3 is 5.97 Å². The third-order valence-corrected chi connectivity index (χ3v) is 2.19. The Kier molecular flexibility index (Phi) is 4.35. The van der Waals surface area contributed by atoms with Crippen molar-refractivity contribution in [1.29, 1.82) is 0 Å². The molecule has 1 aromatic carbocycles. The van der Waals surface area contributed by atoms with Crippen molar-refractivity contribution in [2.45, 2.75) is 13.8 Å². The minimum atomic E-state index is -0.339. The van der Waals surface area contributed by atoms with Crippen LogP contribution >= 0.6 is 0 Å². The molecule has 2 rings (SSSR count). The smallest absolute Gasteiger partial charge is 0.329 e. The number of ether oxygens (including phenoxy) is 1. The van der Waals surface area contributed by atoms with Crippen LogP contribution < -0.4 is 0 Å². The van der Waals surface area contributed by atoms with Crippen LogP contribution in [0, 0.1) is 13.0 Å². The molecule has 1 heterocycles. The fourth-order valence-corrected chi connectivity index (χ4v) is 1.56. The topological polar surface area (TPSA) is 39.4 Å². The van der Waals surface area contributed by atoms with Gasteiger partial charge in [-0.1, -0.05) is 5.39 Å². The van der Waals surface area contributed by atoms with Crippen LogP contribution in [0.1, 0.15) is 23.0 Å². The van der Waals surface area contributed by atoms with E-state index in [1.807, 2.05) is 0 Å². The Bertz CT molecular complexity index is 502. The Hall–Kier alpha value is -1.03. The summed E-state index contributed by atoms with van der Waals surface area (Å²) in [7, 11) is 0. The molecule has 16 heavy (non-hydrogen) atoms. The number of hydrogen-bond donors (Lipinski definition) is 0. The van der Waals surface area contributed by atoms with Gasteiger partial charge in [-0.2, -0.15) is 18.2 Å². The molecule has 4 heteroatoms. The standard InChI is InChI=1S/C12H11O3.Ta/c1-3-14-12(13)11-8(2)15-10-7-5-4-6-9(10)11;/h5-7H,3H2,1-2H3;/q-1;. The molecule has 0 saturated heterocycles. The number of furan rings is 1. The van der Waals surface area contributed by atoms with Crippen LogP contribution in [0.15, 0.2) is 22.6 Å². The molecule has 1 aromatic heterocycles. The van der Waals surface area contributed by atoms with E-state index in [1.165, 1.54) is 0 Å². The first-order valence-corrected chi connectivity index (χ1v) is 4.80. The molecular formula is C12H11O3Ta-. The zero-order valence-corrected chi connectivity index (χ0v) is 12.3. The van der Waals surface area contributed by atoms with Gasteiger partial charge in [0.05, 0.1) is 12.2 Å². The molecule has 0 spiro atoms. The maximum Gasteiger partial charge on any atom is 0.329 e. The summed E-state index contributed by atoms with van der Waals surface area (Å²) in [5, 5.41) is 0.758. The van der Waals surface area contributed by atoms with Crippen molar-refractivity contribution in [2.24, 2.45) is 0 Å². The van der Waals surface area contributed by atoms with Gasteiger partial charge in [0.15, 0.2) is 0 Å². The van der Waals surface area contributed by atoms with Crippen molar-refractivity contribution >= 4 is 16.9 Å². The molecule has 1 radical (unpaired) electrons. The summed E-state index contributed by atoms with van der Waals surface area (Å²) in [6.07, 6.45) is 0. The van der Waals surface area contributed by atoms with Crippen molar-refractivity contribution < 1.29 is 36.3 Å². The van der Waals surface area contributed by atoms with Crippen LogP contribution in [0.4, 0.5) is 0 Å². The summed E-state index contributed by atoms with van der Waals surface area (Å²) in [5.41, 5.74) is 1.19. The first kappa shape index (κ1) is 13.0. The van der Waals surface area contributed by atoms with E-state index in [4.69, 9.17) is 9.15 Å². The summed E-state index contributed by atoms with van der Waals surface area (Å²) >= 11 is 0. The molecule has 0 aliphatic carbocycles. The van der Waals surface area contributed by atoms with Gasteiger partial charge in [0.2, 0.25) is 0 Å². The zero-order valence-electron chi connectivity index (χ0n) is 9.11. The van der Waals surface area contributed by atoms with Gasteiger partial charge in [-0.25, -0.2) is 4.79 Å². The Morgan fingerprint density at radius 3 is 3.00 bits per heavy atom. The molecule has 2 aromatic rings. The van der Waals surface area contributed by atoms with E-state index in [9.17, 15) is 4.79 Å². The summed E-state index contributed by atoms with van der Waals surface area (Å²) in [6, 6.07) is 8.19. The Labute approximate surface area is 109 Å². The molecular weight excluding hydrogens is 373 g/mol. The molecule has 0 aliphatic heterocycles. The third-order valence-electron chi connectivity index (χ3n) is 2.19. The molecule has 0 bridgehead atoms. The maximum absolute atomic E-state index is 11.6. The van der Waals surface area contributed by atoms with Gasteiger partial charge in [0.25, 0.3) is 0 Å². The number of aryl methyl sites for hydroxylation is 1. The van der Waals surface area contributed by atoms with Crippen molar-refractivity contribution in [1.82, 2.24) is 0 Å². The Balaban J connectivity index is 0.00000128. The molecule has 3 nitrogen and oxygen atoms in total. The Morgan fingerprint density at radius 1 is 1.56 bits per heavy atom. The second-order valence-electron chi connectivity index (χ2n) is 3.18. The van der Waals surface area contributed by atoms with Gasteiger partial charge in [0, 0.05) is 28.0 Å². The minimum Gasteiger partial charge on any atom is -0.487 e. The number of carbonyl (C=O) groups is 1. The normalized spacial score (nSPS) is 9.88. The van der Waals surface area contributed by atoms with E-state index >= 15 is 0 Å². The number of esters is 1. The third kappa shape index (κ3) is 2.21. The number of fused-ring (bicyclic) bond motifs is 1. The van der Waals surface area contributed by atoms with Crippen LogP contribution in [0.25, 0.3) is 11.0 Å². The molecule has 83 valence electrons. The Morgan fingerprint density at radius 2 is 2.31 bits per heavy atom. The van der Waals surface area contributed by atoms with Crippen LogP contribution in [0.5, 0.6) is 0 Å². The molecule has 0 aliphatic rings. The van der Waals surface area contributed by atoms with Gasteiger partial charge in [-0.05, 0) is 13.8 Å². The zero-order chi connectivity index (χ0) is 10.8. The van der Waals surface area contributed by atoms with E-state index < -0.39 is 0 Å². The van der Waals surface area contributed by atoms with Crippen LogP contribution in [0.2, 0.25) is 0 Å². The first-order chi connectivity index (χ1) is 7.24. The monoisotopic (exact) mass is 384 g/mol. The van der Waals surface area contributed by atoms with Gasteiger partial charge < -0.3 is 9.15 Å². The maximum atomic E-state index is 11.6. The molecule has 0 saturated carbocycles. The average Bonchev–Trinajstić information content (AvgIpc) is 2.54. The first-order valence-electron chi connectivity index (χ1n) is 4.80. The second kappa shape index (κ2) is 5.34. The van der Waals surface area contributed by atoms with Crippen molar-refractivity contribution in [3.8, 4) is 0 Å². The van der Waals surface area contributed by atoms with Gasteiger partial charge in [-0.3, -0.25) is 0 Å². The van der Waals surface area contributed by atoms with Crippen molar-refractivity contribution in [3.63, 3.8) is 0 Å². The second-order valence-corrected chi connectivity index (χ2v) is 3.18. The predicted octanol–water partition coefficient (Wildman–Crippen LogP) is 2.72. The largest absolute Gasteiger partial charge is 0.487 e. The minimum absolute atomic E-state index is 0. The number of carbonyl (C=O) groups excluding carboxylic acids is 1. The summed E-state index contributed by atoms with van der Waals surface area (Å²) in [6.45, 7) is 3.90. The molecule has 0 atom stereocenters. The van der Waals surface area contributed by atoms with E-state index in [2.05, 4.69) is 6.07 Å². The molecule has 0 amide bonds. The average molecular weight is 384 g/mol. The van der Waals surface area contributed by atoms with Crippen LogP contribution in [0.3, 0.4) is 0 Å². The van der Waals surface area contributed by atoms with Gasteiger partial charge in [0.1, 0.15) is 5.76 Å². The summed E-state index contributed by atoms with van der Waals surface area (Å²) in [5.74, 6) is 0.247. The molecule has 0 fully saturated rings. The summed E-state index contributed by atoms with van der Waals surface area (Å²) < 4.78 is 10.4. The fraction of sp³-hybridized carbons (Fsp3) is 0.250. The van der Waals surface area contributed by atoms with Crippen LogP contribution in [-0.4, -0.2) is 12.6 Å². The van der Waals surface area contributed by atoms with E-state index in [-0.39, 0.29) is 28.3 Å². The fourth-order valence-electron chi connectivity index (χ4n) is 1.56. The van der Waals surface area contributed by atoms with E-state index in [0.29, 0.717) is 23.5 Å². The van der Waals surface area contributed by atoms with Gasteiger partial charge in [-0.15, -0.1) is 6.07 Å².